The van der Waals surface area contributed by atoms with E-state index >= 15 is 0 Å². The minimum absolute atomic E-state index is 0.0561. The molecule has 16 heavy (non-hydrogen) atoms. The van der Waals surface area contributed by atoms with Crippen molar-refractivity contribution < 1.29 is 4.74 Å². The second-order valence-electron chi connectivity index (χ2n) is 3.88. The molecule has 0 radical (unpaired) electrons. The molecule has 1 unspecified atom stereocenters. The van der Waals surface area contributed by atoms with Gasteiger partial charge in [0.05, 0.1) is 12.0 Å². The fourth-order valence-electron chi connectivity index (χ4n) is 1.49. The van der Waals surface area contributed by atoms with Crippen LogP contribution in [0.25, 0.3) is 0 Å². The Morgan fingerprint density at radius 1 is 1.38 bits per heavy atom. The standard InChI is InChI=1S/C11H18ClN3O/c1-8-5-9(2)14-11(13-8)15(3)6-10(12)7-16-4/h5,10H,6-7H2,1-4H3. The van der Waals surface area contributed by atoms with E-state index in [1.165, 1.54) is 0 Å². The molecule has 0 aromatic carbocycles. The van der Waals surface area contributed by atoms with Gasteiger partial charge in [-0.15, -0.1) is 11.6 Å². The van der Waals surface area contributed by atoms with E-state index in [2.05, 4.69) is 9.97 Å². The molecular weight excluding hydrogens is 226 g/mol. The number of aromatic nitrogens is 2. The number of rotatable bonds is 5. The van der Waals surface area contributed by atoms with Crippen LogP contribution in [-0.4, -0.2) is 42.7 Å². The molecule has 0 amide bonds. The van der Waals surface area contributed by atoms with Crippen LogP contribution in [0.1, 0.15) is 11.4 Å². The summed E-state index contributed by atoms with van der Waals surface area (Å²) in [5, 5.41) is -0.0561. The smallest absolute Gasteiger partial charge is 0.225 e. The Balaban J connectivity index is 2.68. The number of alkyl halides is 1. The number of halogens is 1. The molecule has 0 saturated heterocycles. The Morgan fingerprint density at radius 3 is 2.44 bits per heavy atom. The Bertz CT molecular complexity index is 326. The van der Waals surface area contributed by atoms with Gasteiger partial charge in [-0.05, 0) is 19.9 Å². The Morgan fingerprint density at radius 2 is 1.94 bits per heavy atom. The van der Waals surface area contributed by atoms with Crippen LogP contribution < -0.4 is 4.90 Å². The van der Waals surface area contributed by atoms with Crippen LogP contribution >= 0.6 is 11.6 Å². The van der Waals surface area contributed by atoms with Gasteiger partial charge < -0.3 is 9.64 Å². The first-order chi connectivity index (χ1) is 7.52. The van der Waals surface area contributed by atoms with Gasteiger partial charge in [0.25, 0.3) is 0 Å². The maximum atomic E-state index is 6.08. The summed E-state index contributed by atoms with van der Waals surface area (Å²) in [7, 11) is 3.57. The first kappa shape index (κ1) is 13.2. The van der Waals surface area contributed by atoms with Crippen molar-refractivity contribution in [3.05, 3.63) is 17.5 Å². The zero-order chi connectivity index (χ0) is 12.1. The molecule has 0 saturated carbocycles. The van der Waals surface area contributed by atoms with Crippen molar-refractivity contribution in [1.82, 2.24) is 9.97 Å². The number of ether oxygens (including phenoxy) is 1. The van der Waals surface area contributed by atoms with Crippen molar-refractivity contribution in [3.8, 4) is 0 Å². The molecule has 0 fully saturated rings. The molecular formula is C11H18ClN3O. The quantitative estimate of drug-likeness (QED) is 0.739. The Kier molecular flexibility index (Phi) is 4.96. The van der Waals surface area contributed by atoms with E-state index in [-0.39, 0.29) is 5.38 Å². The molecule has 0 aliphatic heterocycles. The monoisotopic (exact) mass is 243 g/mol. The number of aryl methyl sites for hydroxylation is 2. The van der Waals surface area contributed by atoms with Gasteiger partial charge in [0.2, 0.25) is 5.95 Å². The molecule has 0 aliphatic carbocycles. The fraction of sp³-hybridized carbons (Fsp3) is 0.636. The molecule has 90 valence electrons. The highest BCUT2D eigenvalue weighted by Gasteiger charge is 2.11. The second-order valence-corrected chi connectivity index (χ2v) is 4.50. The van der Waals surface area contributed by atoms with Gasteiger partial charge in [-0.1, -0.05) is 0 Å². The van der Waals surface area contributed by atoms with Crippen molar-refractivity contribution in [2.75, 3.05) is 32.2 Å². The lowest BCUT2D eigenvalue weighted by molar-refractivity contribution is 0.199. The van der Waals surface area contributed by atoms with Gasteiger partial charge in [-0.25, -0.2) is 9.97 Å². The van der Waals surface area contributed by atoms with Crippen LogP contribution in [0.2, 0.25) is 0 Å². The maximum Gasteiger partial charge on any atom is 0.225 e. The van der Waals surface area contributed by atoms with Crippen LogP contribution in [-0.2, 0) is 4.74 Å². The van der Waals surface area contributed by atoms with Crippen molar-refractivity contribution >= 4 is 17.5 Å². The molecule has 0 spiro atoms. The average molecular weight is 244 g/mol. The van der Waals surface area contributed by atoms with Crippen molar-refractivity contribution in [2.24, 2.45) is 0 Å². The van der Waals surface area contributed by atoms with E-state index in [4.69, 9.17) is 16.3 Å². The number of nitrogens with zero attached hydrogens (tertiary/aromatic N) is 3. The molecule has 4 nitrogen and oxygen atoms in total. The third kappa shape index (κ3) is 3.94. The normalized spacial score (nSPS) is 12.6. The van der Waals surface area contributed by atoms with Gasteiger partial charge in [-0.2, -0.15) is 0 Å². The zero-order valence-corrected chi connectivity index (χ0v) is 11.0. The second kappa shape index (κ2) is 6.01. The molecule has 0 N–H and O–H groups in total. The van der Waals surface area contributed by atoms with Gasteiger partial charge >= 0.3 is 0 Å². The average Bonchev–Trinajstić information content (AvgIpc) is 2.16. The van der Waals surface area contributed by atoms with Crippen LogP contribution in [0.3, 0.4) is 0 Å². The summed E-state index contributed by atoms with van der Waals surface area (Å²) in [4.78, 5) is 10.7. The van der Waals surface area contributed by atoms with E-state index < -0.39 is 0 Å². The molecule has 0 aliphatic rings. The van der Waals surface area contributed by atoms with E-state index in [0.717, 1.165) is 11.4 Å². The summed E-state index contributed by atoms with van der Waals surface area (Å²) in [5.74, 6) is 0.708. The number of hydrogen-bond acceptors (Lipinski definition) is 4. The minimum atomic E-state index is -0.0561. The third-order valence-corrected chi connectivity index (χ3v) is 2.40. The van der Waals surface area contributed by atoms with Gasteiger partial charge in [0.15, 0.2) is 0 Å². The Labute approximate surface area is 102 Å². The lowest BCUT2D eigenvalue weighted by Crippen LogP contribution is -2.30. The van der Waals surface area contributed by atoms with E-state index in [1.54, 1.807) is 7.11 Å². The van der Waals surface area contributed by atoms with Crippen LogP contribution in [0.15, 0.2) is 6.07 Å². The topological polar surface area (TPSA) is 38.2 Å². The molecule has 1 rings (SSSR count). The predicted molar refractivity (Wildman–Crippen MR) is 66.3 cm³/mol. The van der Waals surface area contributed by atoms with Gasteiger partial charge in [0.1, 0.15) is 0 Å². The summed E-state index contributed by atoms with van der Waals surface area (Å²) in [6.07, 6.45) is 0. The number of methoxy groups -OCH3 is 1. The lowest BCUT2D eigenvalue weighted by Gasteiger charge is -2.20. The molecule has 1 aromatic heterocycles. The first-order valence-corrected chi connectivity index (χ1v) is 5.63. The predicted octanol–water partition coefficient (Wildman–Crippen LogP) is 1.78. The van der Waals surface area contributed by atoms with Gasteiger partial charge in [0, 0.05) is 32.1 Å². The lowest BCUT2D eigenvalue weighted by atomic mass is 10.3. The number of anilines is 1. The molecule has 1 atom stereocenters. The van der Waals surface area contributed by atoms with Gasteiger partial charge in [-0.3, -0.25) is 0 Å². The summed E-state index contributed by atoms with van der Waals surface area (Å²) in [5.41, 5.74) is 1.93. The maximum absolute atomic E-state index is 6.08. The van der Waals surface area contributed by atoms with Crippen molar-refractivity contribution in [2.45, 2.75) is 19.2 Å². The molecule has 1 heterocycles. The largest absolute Gasteiger partial charge is 0.383 e. The highest BCUT2D eigenvalue weighted by Crippen LogP contribution is 2.10. The van der Waals surface area contributed by atoms with E-state index in [1.807, 2.05) is 31.9 Å². The highest BCUT2D eigenvalue weighted by molar-refractivity contribution is 6.21. The fourth-order valence-corrected chi connectivity index (χ4v) is 1.82. The van der Waals surface area contributed by atoms with E-state index in [9.17, 15) is 0 Å². The van der Waals surface area contributed by atoms with Crippen molar-refractivity contribution in [3.63, 3.8) is 0 Å². The van der Waals surface area contributed by atoms with Crippen molar-refractivity contribution in [1.29, 1.82) is 0 Å². The van der Waals surface area contributed by atoms with Crippen LogP contribution in [0.5, 0.6) is 0 Å². The third-order valence-electron chi connectivity index (χ3n) is 2.13. The van der Waals surface area contributed by atoms with E-state index in [0.29, 0.717) is 19.1 Å². The highest BCUT2D eigenvalue weighted by atomic mass is 35.5. The van der Waals surface area contributed by atoms with Crippen LogP contribution in [0.4, 0.5) is 5.95 Å². The summed E-state index contributed by atoms with van der Waals surface area (Å²) in [6, 6.07) is 1.95. The summed E-state index contributed by atoms with van der Waals surface area (Å²) in [6.45, 7) is 5.10. The van der Waals surface area contributed by atoms with Crippen LogP contribution in [0, 0.1) is 13.8 Å². The first-order valence-electron chi connectivity index (χ1n) is 5.19. The molecule has 1 aromatic rings. The Hall–Kier alpha value is -0.870. The summed E-state index contributed by atoms with van der Waals surface area (Å²) < 4.78 is 4.99. The molecule has 5 heteroatoms. The summed E-state index contributed by atoms with van der Waals surface area (Å²) >= 11 is 6.08. The molecule has 0 bridgehead atoms. The number of hydrogen-bond donors (Lipinski definition) is 0. The minimum Gasteiger partial charge on any atom is -0.383 e. The zero-order valence-electron chi connectivity index (χ0n) is 10.2. The SMILES string of the molecule is COCC(Cl)CN(C)c1nc(C)cc(C)n1.